The van der Waals surface area contributed by atoms with Crippen LogP contribution in [-0.4, -0.2) is 48.9 Å². The van der Waals surface area contributed by atoms with Crippen molar-refractivity contribution in [1.29, 1.82) is 0 Å². The number of amides is 1. The Bertz CT molecular complexity index is 319. The van der Waals surface area contributed by atoms with Crippen LogP contribution in [0, 0.1) is 0 Å². The molecule has 0 saturated heterocycles. The minimum atomic E-state index is -5.19. The summed E-state index contributed by atoms with van der Waals surface area (Å²) in [7, 11) is -10.4. The van der Waals surface area contributed by atoms with Gasteiger partial charge in [0.15, 0.2) is 0 Å². The molecule has 0 aromatic carbocycles. The number of hydrogen-bond acceptors (Lipinski definition) is 3. The minimum Gasteiger partial charge on any atom is -0.342 e. The van der Waals surface area contributed by atoms with Crippen molar-refractivity contribution in [3.8, 4) is 0 Å². The van der Waals surface area contributed by atoms with E-state index in [1.165, 1.54) is 13.8 Å². The molecule has 0 radical (unpaired) electrons. The van der Waals surface area contributed by atoms with E-state index in [2.05, 4.69) is 0 Å². The number of nitrogens with zero attached hydrogens (tertiary/aromatic N) is 1. The first-order valence-corrected chi connectivity index (χ1v) is 7.81. The van der Waals surface area contributed by atoms with Crippen LogP contribution in [0.3, 0.4) is 0 Å². The van der Waals surface area contributed by atoms with Gasteiger partial charge in [0.25, 0.3) is 0 Å². The zero-order valence-electron chi connectivity index (χ0n) is 8.85. The lowest BCUT2D eigenvalue weighted by Gasteiger charge is -2.25. The van der Waals surface area contributed by atoms with Crippen LogP contribution in [0.15, 0.2) is 0 Å². The maximum atomic E-state index is 11.5. The topological polar surface area (TPSA) is 135 Å². The Hall–Kier alpha value is -0.230. The van der Waals surface area contributed by atoms with Gasteiger partial charge in [0.1, 0.15) is 0 Å². The number of rotatable bonds is 5. The van der Waals surface area contributed by atoms with E-state index in [-0.39, 0.29) is 13.1 Å². The van der Waals surface area contributed by atoms with E-state index in [0.29, 0.717) is 0 Å². The van der Waals surface area contributed by atoms with Crippen molar-refractivity contribution in [2.45, 2.75) is 19.2 Å². The third kappa shape index (κ3) is 3.97. The molecule has 4 N–H and O–H groups in total. The van der Waals surface area contributed by atoms with Crippen molar-refractivity contribution in [3.05, 3.63) is 0 Å². The molecule has 0 aromatic heterocycles. The molecule has 0 unspecified atom stereocenters. The molecule has 0 atom stereocenters. The summed E-state index contributed by atoms with van der Waals surface area (Å²) in [6.45, 7) is 3.31. The largest absolute Gasteiger partial charge is 0.350 e. The van der Waals surface area contributed by atoms with E-state index >= 15 is 0 Å². The lowest BCUT2D eigenvalue weighted by molar-refractivity contribution is -0.129. The molecule has 16 heavy (non-hydrogen) atoms. The van der Waals surface area contributed by atoms with Gasteiger partial charge in [0.2, 0.25) is 11.3 Å². The Balaban J connectivity index is 5.32. The molecular weight excluding hydrogens is 260 g/mol. The highest BCUT2D eigenvalue weighted by atomic mass is 31.2. The van der Waals surface area contributed by atoms with Gasteiger partial charge in [0.05, 0.1) is 0 Å². The highest BCUT2D eigenvalue weighted by Gasteiger charge is 2.50. The van der Waals surface area contributed by atoms with Crippen molar-refractivity contribution in [2.75, 3.05) is 13.1 Å². The quantitative estimate of drug-likeness (QED) is 0.498. The van der Waals surface area contributed by atoms with E-state index in [0.717, 1.165) is 4.90 Å². The molecule has 0 heterocycles. The maximum absolute atomic E-state index is 11.5. The van der Waals surface area contributed by atoms with Gasteiger partial charge < -0.3 is 24.5 Å². The Morgan fingerprint density at radius 3 is 1.56 bits per heavy atom. The highest BCUT2D eigenvalue weighted by molar-refractivity contribution is 7.72. The second kappa shape index (κ2) is 5.40. The van der Waals surface area contributed by atoms with Crippen molar-refractivity contribution >= 4 is 21.1 Å². The Labute approximate surface area is 92.6 Å². The second-order valence-corrected chi connectivity index (χ2v) is 6.86. The molecule has 96 valence electrons. The van der Waals surface area contributed by atoms with E-state index in [9.17, 15) is 13.9 Å². The Morgan fingerprint density at radius 2 is 1.38 bits per heavy atom. The smallest absolute Gasteiger partial charge is 0.342 e. The van der Waals surface area contributed by atoms with Gasteiger partial charge in [-0.25, -0.2) is 0 Å². The highest BCUT2D eigenvalue weighted by Crippen LogP contribution is 2.60. The molecule has 1 amide bonds. The van der Waals surface area contributed by atoms with Crippen molar-refractivity contribution in [3.63, 3.8) is 0 Å². The third-order valence-corrected chi connectivity index (χ3v) is 5.45. The zero-order valence-corrected chi connectivity index (χ0v) is 10.6. The molecule has 0 fully saturated rings. The first kappa shape index (κ1) is 15.8. The average molecular weight is 275 g/mol. The SMILES string of the molecule is CCN(CC)C(=O)C(P(=O)(O)O)P(=O)(O)O. The van der Waals surface area contributed by atoms with Crippen LogP contribution in [0.4, 0.5) is 0 Å². The monoisotopic (exact) mass is 275 g/mol. The summed E-state index contributed by atoms with van der Waals surface area (Å²) in [5.74, 6) is -1.23. The molecule has 0 bridgehead atoms. The normalized spacial score (nSPS) is 12.9. The molecule has 0 rings (SSSR count). The lowest BCUT2D eigenvalue weighted by Crippen LogP contribution is -2.38. The van der Waals surface area contributed by atoms with Gasteiger partial charge in [0, 0.05) is 13.1 Å². The number of hydrogen-bond donors (Lipinski definition) is 4. The van der Waals surface area contributed by atoms with Gasteiger partial charge in [-0.3, -0.25) is 13.9 Å². The summed E-state index contributed by atoms with van der Waals surface area (Å²) in [4.78, 5) is 47.7. The molecule has 10 heteroatoms. The fourth-order valence-corrected chi connectivity index (χ4v) is 3.65. The van der Waals surface area contributed by atoms with Crippen LogP contribution in [0.1, 0.15) is 13.8 Å². The van der Waals surface area contributed by atoms with Gasteiger partial charge in [-0.05, 0) is 13.8 Å². The van der Waals surface area contributed by atoms with Crippen molar-refractivity contribution in [2.24, 2.45) is 0 Å². The summed E-state index contributed by atoms with van der Waals surface area (Å²) < 4.78 is 21.8. The summed E-state index contributed by atoms with van der Waals surface area (Å²) in [5.41, 5.74) is 0. The molecule has 0 saturated carbocycles. The van der Waals surface area contributed by atoms with E-state index in [1.54, 1.807) is 0 Å². The summed E-state index contributed by atoms with van der Waals surface area (Å²) in [6, 6.07) is 0. The van der Waals surface area contributed by atoms with Crippen molar-refractivity contribution in [1.82, 2.24) is 4.90 Å². The standard InChI is InChI=1S/C6H15NO7P2/c1-3-7(4-2)5(8)6(15(9,10)11)16(12,13)14/h6H,3-4H2,1-2H3,(H2,9,10,11)(H2,12,13,14). The third-order valence-electron chi connectivity index (χ3n) is 1.93. The maximum Gasteiger partial charge on any atom is 0.350 e. The van der Waals surface area contributed by atoms with E-state index < -0.39 is 26.5 Å². The molecule has 8 nitrogen and oxygen atoms in total. The van der Waals surface area contributed by atoms with Crippen LogP contribution >= 0.6 is 15.2 Å². The number of carbonyl (C=O) groups is 1. The molecule has 0 aliphatic rings. The Kier molecular flexibility index (Phi) is 5.32. The van der Waals surface area contributed by atoms with Gasteiger partial charge in [-0.1, -0.05) is 0 Å². The molecule has 0 aromatic rings. The number of carbonyl (C=O) groups excluding carboxylic acids is 1. The fourth-order valence-electron chi connectivity index (χ4n) is 1.18. The van der Waals surface area contributed by atoms with Crippen LogP contribution in [0.25, 0.3) is 0 Å². The minimum absolute atomic E-state index is 0.117. The zero-order chi connectivity index (χ0) is 13.1. The summed E-state index contributed by atoms with van der Waals surface area (Å²) in [6.07, 6.45) is 0. The lowest BCUT2D eigenvalue weighted by atomic mass is 10.5. The first-order valence-electron chi connectivity index (χ1n) is 4.44. The molecule has 0 aliphatic carbocycles. The van der Waals surface area contributed by atoms with E-state index in [4.69, 9.17) is 19.6 Å². The van der Waals surface area contributed by atoms with Crippen molar-refractivity contribution < 1.29 is 33.5 Å². The van der Waals surface area contributed by atoms with Crippen LogP contribution in [0.2, 0.25) is 0 Å². The Morgan fingerprint density at radius 1 is 1.06 bits per heavy atom. The summed E-state index contributed by atoms with van der Waals surface area (Å²) >= 11 is 0. The van der Waals surface area contributed by atoms with E-state index in [1.807, 2.05) is 0 Å². The van der Waals surface area contributed by atoms with Crippen LogP contribution in [-0.2, 0) is 13.9 Å². The summed E-state index contributed by atoms with van der Waals surface area (Å²) in [5, 5.41) is -2.60. The van der Waals surface area contributed by atoms with Crippen LogP contribution < -0.4 is 0 Å². The predicted molar refractivity (Wildman–Crippen MR) is 55.8 cm³/mol. The second-order valence-electron chi connectivity index (χ2n) is 3.06. The molecule has 0 spiro atoms. The van der Waals surface area contributed by atoms with Gasteiger partial charge >= 0.3 is 15.2 Å². The first-order chi connectivity index (χ1) is 7.05. The van der Waals surface area contributed by atoms with Gasteiger partial charge in [-0.2, -0.15) is 0 Å². The fraction of sp³-hybridized carbons (Fsp3) is 0.833. The predicted octanol–water partition coefficient (Wildman–Crippen LogP) is -0.464. The van der Waals surface area contributed by atoms with Gasteiger partial charge in [-0.15, -0.1) is 0 Å². The van der Waals surface area contributed by atoms with Crippen LogP contribution in [0.5, 0.6) is 0 Å². The molecular formula is C6H15NO7P2. The average Bonchev–Trinajstić information content (AvgIpc) is 2.00. The molecule has 0 aliphatic heterocycles.